The molecular formula is C15H22N2O. The van der Waals surface area contributed by atoms with Crippen molar-refractivity contribution in [3.8, 4) is 0 Å². The number of nitrogens with zero attached hydrogens (tertiary/aromatic N) is 1. The van der Waals surface area contributed by atoms with E-state index in [0.29, 0.717) is 5.92 Å². The first kappa shape index (κ1) is 13.1. The number of likely N-dealkylation sites (tertiary alicyclic amines) is 1. The van der Waals surface area contributed by atoms with Crippen LogP contribution in [0.2, 0.25) is 0 Å². The zero-order chi connectivity index (χ0) is 13.1. The van der Waals surface area contributed by atoms with Crippen LogP contribution in [0.5, 0.6) is 0 Å². The summed E-state index contributed by atoms with van der Waals surface area (Å²) in [6, 6.07) is 8.17. The number of rotatable bonds is 2. The van der Waals surface area contributed by atoms with Gasteiger partial charge in [0.1, 0.15) is 0 Å². The van der Waals surface area contributed by atoms with E-state index < -0.39 is 0 Å². The Balaban J connectivity index is 1.99. The van der Waals surface area contributed by atoms with Gasteiger partial charge in [-0.05, 0) is 43.7 Å². The number of carbonyl (C=O) groups excluding carboxylic acids is 1. The molecule has 0 aromatic heterocycles. The van der Waals surface area contributed by atoms with Gasteiger partial charge in [-0.15, -0.1) is 0 Å². The second-order valence-electron chi connectivity index (χ2n) is 5.24. The van der Waals surface area contributed by atoms with Crippen molar-refractivity contribution in [2.45, 2.75) is 38.6 Å². The summed E-state index contributed by atoms with van der Waals surface area (Å²) >= 11 is 0. The maximum Gasteiger partial charge on any atom is 0.239 e. The molecule has 3 heteroatoms. The Kier molecular flexibility index (Phi) is 4.02. The summed E-state index contributed by atoms with van der Waals surface area (Å²) in [5.41, 5.74) is 8.44. The molecule has 3 nitrogen and oxygen atoms in total. The maximum atomic E-state index is 11.8. The van der Waals surface area contributed by atoms with Crippen LogP contribution in [0.15, 0.2) is 24.3 Å². The fraction of sp³-hybridized carbons (Fsp3) is 0.533. The van der Waals surface area contributed by atoms with Gasteiger partial charge in [0, 0.05) is 13.1 Å². The second kappa shape index (κ2) is 5.53. The van der Waals surface area contributed by atoms with E-state index in [1.54, 1.807) is 6.92 Å². The highest BCUT2D eigenvalue weighted by molar-refractivity contribution is 5.81. The number of piperidine rings is 1. The maximum absolute atomic E-state index is 11.8. The minimum absolute atomic E-state index is 0.0817. The zero-order valence-electron chi connectivity index (χ0n) is 11.2. The quantitative estimate of drug-likeness (QED) is 0.868. The third-order valence-corrected chi connectivity index (χ3v) is 3.82. The number of hydrogen-bond acceptors (Lipinski definition) is 2. The van der Waals surface area contributed by atoms with E-state index in [0.717, 1.165) is 25.9 Å². The first-order chi connectivity index (χ1) is 8.59. The predicted molar refractivity (Wildman–Crippen MR) is 73.4 cm³/mol. The van der Waals surface area contributed by atoms with E-state index in [1.165, 1.54) is 11.1 Å². The molecule has 0 unspecified atom stereocenters. The lowest BCUT2D eigenvalue weighted by Crippen LogP contribution is -2.45. The highest BCUT2D eigenvalue weighted by Gasteiger charge is 2.25. The van der Waals surface area contributed by atoms with Crippen molar-refractivity contribution < 1.29 is 4.79 Å². The van der Waals surface area contributed by atoms with E-state index in [1.807, 2.05) is 4.90 Å². The average molecular weight is 246 g/mol. The van der Waals surface area contributed by atoms with E-state index >= 15 is 0 Å². The molecule has 1 fully saturated rings. The molecule has 0 aliphatic carbocycles. The molecule has 1 aromatic carbocycles. The van der Waals surface area contributed by atoms with Crippen LogP contribution in [0.4, 0.5) is 0 Å². The molecule has 0 bridgehead atoms. The Bertz CT molecular complexity index is 420. The molecule has 2 N–H and O–H groups in total. The third kappa shape index (κ3) is 2.72. The summed E-state index contributed by atoms with van der Waals surface area (Å²) in [7, 11) is 0. The van der Waals surface area contributed by atoms with Gasteiger partial charge < -0.3 is 10.6 Å². The normalized spacial score (nSPS) is 18.7. The lowest BCUT2D eigenvalue weighted by Gasteiger charge is -2.33. The number of nitrogens with two attached hydrogens (primary N) is 1. The van der Waals surface area contributed by atoms with Crippen LogP contribution >= 0.6 is 0 Å². The minimum Gasteiger partial charge on any atom is -0.341 e. The van der Waals surface area contributed by atoms with Crippen molar-refractivity contribution in [1.29, 1.82) is 0 Å². The standard InChI is InChI=1S/C15H22N2O/c1-11-5-3-4-6-14(11)13-7-9-17(10-8-13)15(18)12(2)16/h3-6,12-13H,7-10,16H2,1-2H3/t12-/m1/s1. The van der Waals surface area contributed by atoms with Gasteiger partial charge >= 0.3 is 0 Å². The Hall–Kier alpha value is -1.35. The molecule has 1 atom stereocenters. The summed E-state index contributed by atoms with van der Waals surface area (Å²) < 4.78 is 0. The summed E-state index contributed by atoms with van der Waals surface area (Å²) in [6.07, 6.45) is 2.09. The summed E-state index contributed by atoms with van der Waals surface area (Å²) in [4.78, 5) is 13.7. The third-order valence-electron chi connectivity index (χ3n) is 3.82. The summed E-state index contributed by atoms with van der Waals surface area (Å²) in [5, 5.41) is 0. The van der Waals surface area contributed by atoms with E-state index in [4.69, 9.17) is 5.73 Å². The highest BCUT2D eigenvalue weighted by atomic mass is 16.2. The number of hydrogen-bond donors (Lipinski definition) is 1. The van der Waals surface area contributed by atoms with Gasteiger partial charge in [0.25, 0.3) is 0 Å². The smallest absolute Gasteiger partial charge is 0.239 e. The van der Waals surface area contributed by atoms with Gasteiger partial charge in [-0.1, -0.05) is 24.3 Å². The van der Waals surface area contributed by atoms with E-state index in [2.05, 4.69) is 31.2 Å². The van der Waals surface area contributed by atoms with Crippen LogP contribution in [0.1, 0.15) is 36.8 Å². The molecule has 0 radical (unpaired) electrons. The Morgan fingerprint density at radius 2 is 1.94 bits per heavy atom. The molecule has 0 saturated carbocycles. The number of amides is 1. The van der Waals surface area contributed by atoms with Crippen molar-refractivity contribution in [3.05, 3.63) is 35.4 Å². The van der Waals surface area contributed by atoms with Crippen LogP contribution in [0.25, 0.3) is 0 Å². The summed E-state index contributed by atoms with van der Waals surface area (Å²) in [5.74, 6) is 0.668. The molecule has 1 aliphatic heterocycles. The minimum atomic E-state index is -0.375. The predicted octanol–water partition coefficient (Wildman–Crippen LogP) is 2.05. The molecule has 2 rings (SSSR count). The molecule has 98 valence electrons. The van der Waals surface area contributed by atoms with Gasteiger partial charge in [0.15, 0.2) is 0 Å². The molecule has 1 aliphatic rings. The zero-order valence-corrected chi connectivity index (χ0v) is 11.2. The van der Waals surface area contributed by atoms with Crippen molar-refractivity contribution in [2.24, 2.45) is 5.73 Å². The molecule has 1 amide bonds. The number of carbonyl (C=O) groups is 1. The van der Waals surface area contributed by atoms with Crippen molar-refractivity contribution in [2.75, 3.05) is 13.1 Å². The van der Waals surface area contributed by atoms with Crippen LogP contribution in [0.3, 0.4) is 0 Å². The van der Waals surface area contributed by atoms with Gasteiger partial charge in [-0.25, -0.2) is 0 Å². The topological polar surface area (TPSA) is 46.3 Å². The van der Waals surface area contributed by atoms with Crippen molar-refractivity contribution >= 4 is 5.91 Å². The van der Waals surface area contributed by atoms with Crippen LogP contribution in [-0.2, 0) is 4.79 Å². The Morgan fingerprint density at radius 1 is 1.33 bits per heavy atom. The van der Waals surface area contributed by atoms with Crippen molar-refractivity contribution in [3.63, 3.8) is 0 Å². The van der Waals surface area contributed by atoms with Crippen molar-refractivity contribution in [1.82, 2.24) is 4.90 Å². The van der Waals surface area contributed by atoms with Crippen LogP contribution in [-0.4, -0.2) is 29.9 Å². The molecule has 1 saturated heterocycles. The van der Waals surface area contributed by atoms with Gasteiger partial charge in [0.2, 0.25) is 5.91 Å². The lowest BCUT2D eigenvalue weighted by molar-refractivity contribution is -0.133. The van der Waals surface area contributed by atoms with Crippen LogP contribution in [0, 0.1) is 6.92 Å². The Morgan fingerprint density at radius 3 is 2.50 bits per heavy atom. The highest BCUT2D eigenvalue weighted by Crippen LogP contribution is 2.30. The lowest BCUT2D eigenvalue weighted by atomic mass is 9.87. The fourth-order valence-electron chi connectivity index (χ4n) is 2.74. The van der Waals surface area contributed by atoms with Gasteiger partial charge in [0.05, 0.1) is 6.04 Å². The molecule has 1 heterocycles. The summed E-state index contributed by atoms with van der Waals surface area (Å²) in [6.45, 7) is 5.59. The molecular weight excluding hydrogens is 224 g/mol. The first-order valence-electron chi connectivity index (χ1n) is 6.69. The van der Waals surface area contributed by atoms with Gasteiger partial charge in [-0.3, -0.25) is 4.79 Å². The molecule has 18 heavy (non-hydrogen) atoms. The SMILES string of the molecule is Cc1ccccc1C1CCN(C(=O)[C@@H](C)N)CC1. The fourth-order valence-corrected chi connectivity index (χ4v) is 2.74. The second-order valence-corrected chi connectivity index (χ2v) is 5.24. The molecule has 1 aromatic rings. The average Bonchev–Trinajstić information content (AvgIpc) is 2.38. The number of aryl methyl sites for hydroxylation is 1. The van der Waals surface area contributed by atoms with Gasteiger partial charge in [-0.2, -0.15) is 0 Å². The van der Waals surface area contributed by atoms with E-state index in [-0.39, 0.29) is 11.9 Å². The Labute approximate surface area is 109 Å². The largest absolute Gasteiger partial charge is 0.341 e. The molecule has 0 spiro atoms. The van der Waals surface area contributed by atoms with E-state index in [9.17, 15) is 4.79 Å². The monoisotopic (exact) mass is 246 g/mol. The van der Waals surface area contributed by atoms with Crippen LogP contribution < -0.4 is 5.73 Å². The number of benzene rings is 1. The first-order valence-corrected chi connectivity index (χ1v) is 6.69.